The van der Waals surface area contributed by atoms with Gasteiger partial charge < -0.3 is 10.1 Å². The molecule has 0 amide bonds. The molecule has 0 fully saturated rings. The molecule has 0 atom stereocenters. The van der Waals surface area contributed by atoms with Gasteiger partial charge in [-0.25, -0.2) is 0 Å². The van der Waals surface area contributed by atoms with Crippen molar-refractivity contribution in [3.63, 3.8) is 0 Å². The zero-order valence-electron chi connectivity index (χ0n) is 16.0. The molecule has 2 N–H and O–H groups in total. The molecular formula is C17H29IN4O3. The predicted molar refractivity (Wildman–Crippen MR) is 115 cm³/mol. The fraction of sp³-hybridized carbons (Fsp3) is 0.471. The highest BCUT2D eigenvalue weighted by molar-refractivity contribution is 14.1. The molecule has 0 unspecified atom stereocenters. The van der Waals surface area contributed by atoms with Crippen molar-refractivity contribution in [3.05, 3.63) is 39.7 Å². The SMILES string of the molecule is C/C=N\NC(Nc1ccc(OCC)c([N+](=O)[O-])c1)=C(C)C.CC.CI. The summed E-state index contributed by atoms with van der Waals surface area (Å²) in [4.78, 5) is 12.6. The highest BCUT2D eigenvalue weighted by Gasteiger charge is 2.16. The minimum Gasteiger partial charge on any atom is -0.487 e. The van der Waals surface area contributed by atoms with Gasteiger partial charge in [-0.05, 0) is 50.3 Å². The molecule has 142 valence electrons. The van der Waals surface area contributed by atoms with Gasteiger partial charge in [0.05, 0.1) is 11.5 Å². The predicted octanol–water partition coefficient (Wildman–Crippen LogP) is 5.33. The molecule has 8 heteroatoms. The maximum Gasteiger partial charge on any atom is 0.312 e. The maximum atomic E-state index is 11.1. The van der Waals surface area contributed by atoms with E-state index in [1.54, 1.807) is 32.2 Å². The molecule has 0 bridgehead atoms. The number of nitrogens with zero attached hydrogens (tertiary/aromatic N) is 2. The number of anilines is 1. The lowest BCUT2D eigenvalue weighted by Crippen LogP contribution is -2.16. The number of allylic oxidation sites excluding steroid dienone is 1. The Bertz CT molecular complexity index is 571. The van der Waals surface area contributed by atoms with Gasteiger partial charge in [0.1, 0.15) is 5.82 Å². The fourth-order valence-corrected chi connectivity index (χ4v) is 1.55. The quantitative estimate of drug-likeness (QED) is 0.187. The van der Waals surface area contributed by atoms with Gasteiger partial charge in [-0.2, -0.15) is 5.10 Å². The van der Waals surface area contributed by atoms with Crippen LogP contribution in [0, 0.1) is 10.1 Å². The van der Waals surface area contributed by atoms with Crippen molar-refractivity contribution in [2.75, 3.05) is 16.9 Å². The minimum absolute atomic E-state index is 0.0750. The fourth-order valence-electron chi connectivity index (χ4n) is 1.55. The van der Waals surface area contributed by atoms with E-state index in [-0.39, 0.29) is 11.4 Å². The molecule has 0 aromatic heterocycles. The summed E-state index contributed by atoms with van der Waals surface area (Å²) in [6, 6.07) is 4.74. The molecule has 0 radical (unpaired) electrons. The van der Waals surface area contributed by atoms with Gasteiger partial charge in [-0.1, -0.05) is 36.4 Å². The molecule has 0 spiro atoms. The summed E-state index contributed by atoms with van der Waals surface area (Å²) in [6.07, 6.45) is 1.62. The van der Waals surface area contributed by atoms with E-state index in [1.807, 2.05) is 32.6 Å². The lowest BCUT2D eigenvalue weighted by atomic mass is 10.2. The van der Waals surface area contributed by atoms with Crippen LogP contribution in [0.2, 0.25) is 0 Å². The smallest absolute Gasteiger partial charge is 0.312 e. The Labute approximate surface area is 164 Å². The third kappa shape index (κ3) is 9.90. The van der Waals surface area contributed by atoms with Crippen molar-refractivity contribution in [1.29, 1.82) is 0 Å². The van der Waals surface area contributed by atoms with Gasteiger partial charge in [-0.15, -0.1) is 0 Å². The highest BCUT2D eigenvalue weighted by atomic mass is 127. The summed E-state index contributed by atoms with van der Waals surface area (Å²) in [6.45, 7) is 11.8. The Balaban J connectivity index is 0. The molecule has 0 heterocycles. The van der Waals surface area contributed by atoms with Crippen molar-refractivity contribution in [2.24, 2.45) is 5.10 Å². The monoisotopic (exact) mass is 464 g/mol. The number of hydrazone groups is 1. The summed E-state index contributed by atoms with van der Waals surface area (Å²) in [5, 5.41) is 18.1. The first-order valence-electron chi connectivity index (χ1n) is 7.96. The summed E-state index contributed by atoms with van der Waals surface area (Å²) in [5.41, 5.74) is 4.32. The molecule has 0 aliphatic rings. The average molecular weight is 464 g/mol. The molecule has 25 heavy (non-hydrogen) atoms. The second-order valence-corrected chi connectivity index (χ2v) is 4.37. The third-order valence-corrected chi connectivity index (χ3v) is 2.53. The van der Waals surface area contributed by atoms with Crippen LogP contribution in [0.5, 0.6) is 5.75 Å². The maximum absolute atomic E-state index is 11.1. The highest BCUT2D eigenvalue weighted by Crippen LogP contribution is 2.30. The van der Waals surface area contributed by atoms with Gasteiger partial charge in [0, 0.05) is 18.0 Å². The van der Waals surface area contributed by atoms with E-state index >= 15 is 0 Å². The number of rotatable bonds is 7. The molecule has 0 saturated heterocycles. The van der Waals surface area contributed by atoms with Crippen LogP contribution >= 0.6 is 22.6 Å². The number of hydrogen-bond acceptors (Lipinski definition) is 6. The Morgan fingerprint density at radius 2 is 1.96 bits per heavy atom. The first-order valence-corrected chi connectivity index (χ1v) is 10.1. The van der Waals surface area contributed by atoms with Crippen LogP contribution in [0.1, 0.15) is 41.5 Å². The van der Waals surface area contributed by atoms with E-state index in [1.165, 1.54) is 6.07 Å². The van der Waals surface area contributed by atoms with Crippen molar-refractivity contribution in [2.45, 2.75) is 41.5 Å². The summed E-state index contributed by atoms with van der Waals surface area (Å²) in [7, 11) is 0. The molecular weight excluding hydrogens is 435 g/mol. The number of ether oxygens (including phenoxy) is 1. The first-order chi connectivity index (χ1) is 12.0. The third-order valence-electron chi connectivity index (χ3n) is 2.53. The van der Waals surface area contributed by atoms with Crippen LogP contribution in [-0.2, 0) is 0 Å². The largest absolute Gasteiger partial charge is 0.487 e. The number of nitrogens with one attached hydrogen (secondary N) is 2. The molecule has 1 aromatic rings. The summed E-state index contributed by atoms with van der Waals surface area (Å²) < 4.78 is 5.25. The van der Waals surface area contributed by atoms with Gasteiger partial charge in [-0.3, -0.25) is 15.5 Å². The van der Waals surface area contributed by atoms with Crippen molar-refractivity contribution < 1.29 is 9.66 Å². The lowest BCUT2D eigenvalue weighted by Gasteiger charge is -2.13. The van der Waals surface area contributed by atoms with E-state index in [2.05, 4.69) is 38.4 Å². The first kappa shape index (κ1) is 25.4. The van der Waals surface area contributed by atoms with Gasteiger partial charge in [0.2, 0.25) is 0 Å². The molecule has 0 aliphatic heterocycles. The summed E-state index contributed by atoms with van der Waals surface area (Å²) >= 11 is 2.15. The zero-order valence-corrected chi connectivity index (χ0v) is 18.2. The number of alkyl halides is 1. The Hall–Kier alpha value is -1.84. The zero-order chi connectivity index (χ0) is 19.8. The second-order valence-electron chi connectivity index (χ2n) is 4.37. The standard InChI is InChI=1S/C14H20N4O3.C2H6.CH3I/c1-5-15-17-14(10(3)4)16-11-7-8-13(21-6-2)12(9-11)18(19)20;2*1-2/h5,7-9,16-17H,6H2,1-4H3;1-2H3;1H3/b15-5-;;. The minimum atomic E-state index is -0.462. The van der Waals surface area contributed by atoms with Crippen LogP contribution in [0.3, 0.4) is 0 Å². The average Bonchev–Trinajstić information content (AvgIpc) is 2.63. The van der Waals surface area contributed by atoms with Crippen LogP contribution in [0.4, 0.5) is 11.4 Å². The number of benzene rings is 1. The van der Waals surface area contributed by atoms with E-state index in [0.717, 1.165) is 5.57 Å². The molecule has 1 rings (SSSR count). The van der Waals surface area contributed by atoms with Crippen LogP contribution < -0.4 is 15.5 Å². The number of nitro groups is 1. The van der Waals surface area contributed by atoms with Crippen molar-refractivity contribution >= 4 is 40.2 Å². The van der Waals surface area contributed by atoms with E-state index in [9.17, 15) is 10.1 Å². The van der Waals surface area contributed by atoms with Gasteiger partial charge in [0.25, 0.3) is 0 Å². The second kappa shape index (κ2) is 15.7. The van der Waals surface area contributed by atoms with Crippen molar-refractivity contribution in [3.8, 4) is 5.75 Å². The van der Waals surface area contributed by atoms with Gasteiger partial charge >= 0.3 is 5.69 Å². The Kier molecular flexibility index (Phi) is 15.9. The number of nitro benzene ring substituents is 1. The van der Waals surface area contributed by atoms with E-state index in [4.69, 9.17) is 4.74 Å². The number of hydrogen-bond donors (Lipinski definition) is 2. The molecule has 7 nitrogen and oxygen atoms in total. The Morgan fingerprint density at radius 3 is 2.40 bits per heavy atom. The van der Waals surface area contributed by atoms with Gasteiger partial charge in [0.15, 0.2) is 5.75 Å². The van der Waals surface area contributed by atoms with E-state index < -0.39 is 4.92 Å². The number of halogens is 1. The van der Waals surface area contributed by atoms with Crippen LogP contribution in [-0.4, -0.2) is 22.7 Å². The lowest BCUT2D eigenvalue weighted by molar-refractivity contribution is -0.385. The topological polar surface area (TPSA) is 88.8 Å². The van der Waals surface area contributed by atoms with Crippen molar-refractivity contribution in [1.82, 2.24) is 5.43 Å². The molecule has 0 aliphatic carbocycles. The van der Waals surface area contributed by atoms with Crippen LogP contribution in [0.25, 0.3) is 0 Å². The molecule has 1 aromatic carbocycles. The van der Waals surface area contributed by atoms with Crippen LogP contribution in [0.15, 0.2) is 34.7 Å². The Morgan fingerprint density at radius 1 is 1.36 bits per heavy atom. The normalized spacial score (nSPS) is 9.12. The summed E-state index contributed by atoms with van der Waals surface area (Å²) in [5.74, 6) is 0.929. The molecule has 0 saturated carbocycles. The van der Waals surface area contributed by atoms with E-state index in [0.29, 0.717) is 18.1 Å².